The monoisotopic (exact) mass is 457 g/mol. The van der Waals surface area contributed by atoms with E-state index < -0.39 is 0 Å². The first-order valence-corrected chi connectivity index (χ1v) is 10.8. The highest BCUT2D eigenvalue weighted by Crippen LogP contribution is 2.23. The molecule has 32 heavy (non-hydrogen) atoms. The molecule has 0 aliphatic carbocycles. The number of carbonyl (C=O) groups is 2. The molecule has 1 N–H and O–H groups in total. The standard InChI is InChI=1S/C22H24ClN5O4/c1-15-12-19(26-32-15)25-20(29)14-27-8-10-28(11-9-27)22(30)7-6-21-24-13-18(31-21)16-2-4-17(23)5-3-16/h2-5,12-13H,6-11,14H2,1H3,(H,25,26,29). The van der Waals surface area contributed by atoms with Gasteiger partial charge in [0, 0.05) is 55.7 Å². The largest absolute Gasteiger partial charge is 0.441 e. The summed E-state index contributed by atoms with van der Waals surface area (Å²) in [6.07, 6.45) is 2.42. The van der Waals surface area contributed by atoms with Crippen molar-refractivity contribution >= 4 is 29.2 Å². The molecule has 10 heteroatoms. The van der Waals surface area contributed by atoms with Crippen molar-refractivity contribution in [2.24, 2.45) is 0 Å². The molecular weight excluding hydrogens is 434 g/mol. The van der Waals surface area contributed by atoms with Gasteiger partial charge in [-0.3, -0.25) is 14.5 Å². The normalized spacial score (nSPS) is 14.5. The quantitative estimate of drug-likeness (QED) is 0.581. The Morgan fingerprint density at radius 3 is 2.59 bits per heavy atom. The maximum Gasteiger partial charge on any atom is 0.239 e. The lowest BCUT2D eigenvalue weighted by Gasteiger charge is -2.34. The van der Waals surface area contributed by atoms with Crippen molar-refractivity contribution in [1.29, 1.82) is 0 Å². The predicted octanol–water partition coefficient (Wildman–Crippen LogP) is 3.01. The van der Waals surface area contributed by atoms with E-state index in [-0.39, 0.29) is 18.4 Å². The van der Waals surface area contributed by atoms with E-state index in [9.17, 15) is 9.59 Å². The summed E-state index contributed by atoms with van der Waals surface area (Å²) in [5.41, 5.74) is 0.887. The molecule has 1 aliphatic heterocycles. The predicted molar refractivity (Wildman–Crippen MR) is 118 cm³/mol. The smallest absolute Gasteiger partial charge is 0.239 e. The number of aromatic nitrogens is 2. The molecule has 0 bridgehead atoms. The number of benzene rings is 1. The minimum Gasteiger partial charge on any atom is -0.441 e. The molecule has 0 spiro atoms. The summed E-state index contributed by atoms with van der Waals surface area (Å²) in [6.45, 7) is 4.44. The maximum atomic E-state index is 12.6. The van der Waals surface area contributed by atoms with Gasteiger partial charge in [0.1, 0.15) is 5.76 Å². The van der Waals surface area contributed by atoms with Crippen molar-refractivity contribution < 1.29 is 18.5 Å². The molecule has 1 fully saturated rings. The minimum absolute atomic E-state index is 0.0541. The van der Waals surface area contributed by atoms with Gasteiger partial charge in [-0.05, 0) is 31.2 Å². The molecular formula is C22H24ClN5O4. The van der Waals surface area contributed by atoms with Crippen molar-refractivity contribution in [2.45, 2.75) is 19.8 Å². The van der Waals surface area contributed by atoms with Crippen LogP contribution in [0.4, 0.5) is 5.82 Å². The Balaban J connectivity index is 1.19. The summed E-state index contributed by atoms with van der Waals surface area (Å²) in [4.78, 5) is 32.8. The van der Waals surface area contributed by atoms with Gasteiger partial charge in [-0.1, -0.05) is 16.8 Å². The number of aryl methyl sites for hydroxylation is 2. The van der Waals surface area contributed by atoms with Crippen LogP contribution in [0.5, 0.6) is 0 Å². The first-order chi connectivity index (χ1) is 15.5. The van der Waals surface area contributed by atoms with E-state index in [0.29, 0.717) is 67.3 Å². The molecule has 0 radical (unpaired) electrons. The Morgan fingerprint density at radius 1 is 1.16 bits per heavy atom. The SMILES string of the molecule is Cc1cc(NC(=O)CN2CCN(C(=O)CCc3ncc(-c4ccc(Cl)cc4)o3)CC2)no1. The molecule has 1 saturated heterocycles. The Labute approximate surface area is 190 Å². The number of amides is 2. The van der Waals surface area contributed by atoms with Gasteiger partial charge in [0.05, 0.1) is 12.7 Å². The Kier molecular flexibility index (Phi) is 6.87. The average Bonchev–Trinajstić information content (AvgIpc) is 3.42. The summed E-state index contributed by atoms with van der Waals surface area (Å²) in [5.74, 6) is 2.13. The third-order valence-electron chi connectivity index (χ3n) is 5.22. The van der Waals surface area contributed by atoms with Crippen LogP contribution < -0.4 is 5.32 Å². The molecule has 168 valence electrons. The highest BCUT2D eigenvalue weighted by Gasteiger charge is 2.23. The van der Waals surface area contributed by atoms with E-state index >= 15 is 0 Å². The fourth-order valence-electron chi connectivity index (χ4n) is 3.51. The van der Waals surface area contributed by atoms with Crippen molar-refractivity contribution in [3.63, 3.8) is 0 Å². The average molecular weight is 458 g/mol. The summed E-state index contributed by atoms with van der Waals surface area (Å²) in [7, 11) is 0. The molecule has 4 rings (SSSR count). The zero-order valence-corrected chi connectivity index (χ0v) is 18.5. The van der Waals surface area contributed by atoms with Crippen molar-refractivity contribution in [1.82, 2.24) is 19.9 Å². The van der Waals surface area contributed by atoms with Crippen LogP contribution in [0, 0.1) is 6.92 Å². The topological polar surface area (TPSA) is 105 Å². The van der Waals surface area contributed by atoms with Crippen LogP contribution in [-0.4, -0.2) is 64.5 Å². The first kappa shape index (κ1) is 22.0. The second-order valence-electron chi connectivity index (χ2n) is 7.65. The lowest BCUT2D eigenvalue weighted by Crippen LogP contribution is -2.50. The molecule has 1 aromatic carbocycles. The van der Waals surface area contributed by atoms with Gasteiger partial charge in [-0.2, -0.15) is 0 Å². The zero-order chi connectivity index (χ0) is 22.5. The van der Waals surface area contributed by atoms with Crippen LogP contribution in [-0.2, 0) is 16.0 Å². The second kappa shape index (κ2) is 9.97. The summed E-state index contributed by atoms with van der Waals surface area (Å²) in [5, 5.41) is 7.12. The van der Waals surface area contributed by atoms with Crippen molar-refractivity contribution in [3.05, 3.63) is 53.2 Å². The number of hydrogen-bond acceptors (Lipinski definition) is 7. The lowest BCUT2D eigenvalue weighted by atomic mass is 10.2. The Bertz CT molecular complexity index is 1070. The summed E-state index contributed by atoms with van der Waals surface area (Å²) >= 11 is 5.91. The fourth-order valence-corrected chi connectivity index (χ4v) is 3.64. The number of oxazole rings is 1. The van der Waals surface area contributed by atoms with Crippen LogP contribution in [0.3, 0.4) is 0 Å². The Morgan fingerprint density at radius 2 is 1.91 bits per heavy atom. The van der Waals surface area contributed by atoms with E-state index in [0.717, 1.165) is 5.56 Å². The number of hydrogen-bond donors (Lipinski definition) is 1. The number of nitrogens with one attached hydrogen (secondary N) is 1. The van der Waals surface area contributed by atoms with Crippen LogP contribution in [0.1, 0.15) is 18.1 Å². The van der Waals surface area contributed by atoms with Crippen LogP contribution in [0.2, 0.25) is 5.02 Å². The van der Waals surface area contributed by atoms with Gasteiger partial charge >= 0.3 is 0 Å². The molecule has 2 aromatic heterocycles. The molecule has 0 saturated carbocycles. The van der Waals surface area contributed by atoms with Gasteiger partial charge in [0.25, 0.3) is 0 Å². The van der Waals surface area contributed by atoms with E-state index in [1.54, 1.807) is 31.3 Å². The number of nitrogens with zero attached hydrogens (tertiary/aromatic N) is 4. The molecule has 1 aliphatic rings. The van der Waals surface area contributed by atoms with Gasteiger partial charge in [0.2, 0.25) is 11.8 Å². The summed E-state index contributed by atoms with van der Waals surface area (Å²) in [6, 6.07) is 8.98. The fraction of sp³-hybridized carbons (Fsp3) is 0.364. The highest BCUT2D eigenvalue weighted by atomic mass is 35.5. The first-order valence-electron chi connectivity index (χ1n) is 10.4. The van der Waals surface area contributed by atoms with Gasteiger partial charge in [-0.25, -0.2) is 4.98 Å². The molecule has 0 unspecified atom stereocenters. The van der Waals surface area contributed by atoms with Gasteiger partial charge in [0.15, 0.2) is 17.5 Å². The molecule has 0 atom stereocenters. The Hall–Kier alpha value is -3.17. The zero-order valence-electron chi connectivity index (χ0n) is 17.7. The van der Waals surface area contributed by atoms with Crippen LogP contribution in [0.25, 0.3) is 11.3 Å². The van der Waals surface area contributed by atoms with Crippen LogP contribution >= 0.6 is 11.6 Å². The third kappa shape index (κ3) is 5.74. The molecule has 3 aromatic rings. The molecule has 9 nitrogen and oxygen atoms in total. The summed E-state index contributed by atoms with van der Waals surface area (Å²) < 4.78 is 10.7. The maximum absolute atomic E-state index is 12.6. The van der Waals surface area contributed by atoms with E-state index in [2.05, 4.69) is 15.5 Å². The minimum atomic E-state index is -0.154. The second-order valence-corrected chi connectivity index (χ2v) is 8.09. The van der Waals surface area contributed by atoms with E-state index in [4.69, 9.17) is 20.5 Å². The van der Waals surface area contributed by atoms with E-state index in [1.165, 1.54) is 0 Å². The number of piperazine rings is 1. The number of halogens is 1. The lowest BCUT2D eigenvalue weighted by molar-refractivity contribution is -0.133. The van der Waals surface area contributed by atoms with Crippen LogP contribution in [0.15, 0.2) is 45.5 Å². The highest BCUT2D eigenvalue weighted by molar-refractivity contribution is 6.30. The number of anilines is 1. The number of carbonyl (C=O) groups excluding carboxylic acids is 2. The van der Waals surface area contributed by atoms with Gasteiger partial charge < -0.3 is 19.2 Å². The van der Waals surface area contributed by atoms with Gasteiger partial charge in [-0.15, -0.1) is 0 Å². The molecule has 2 amide bonds. The van der Waals surface area contributed by atoms with E-state index in [1.807, 2.05) is 21.9 Å². The van der Waals surface area contributed by atoms with Crippen molar-refractivity contribution in [3.8, 4) is 11.3 Å². The van der Waals surface area contributed by atoms with Crippen molar-refractivity contribution in [2.75, 3.05) is 38.0 Å². The third-order valence-corrected chi connectivity index (χ3v) is 5.47. The number of rotatable bonds is 7. The molecule has 3 heterocycles.